The Hall–Kier alpha value is 1.06. The first-order valence-electron chi connectivity index (χ1n) is 2.21. The van der Waals surface area contributed by atoms with Crippen molar-refractivity contribution in [2.75, 3.05) is 6.54 Å². The van der Waals surface area contributed by atoms with Gasteiger partial charge in [-0.2, -0.15) is 0 Å². The van der Waals surface area contributed by atoms with Crippen LogP contribution in [0.4, 0.5) is 0 Å². The van der Waals surface area contributed by atoms with Crippen molar-refractivity contribution in [3.63, 3.8) is 0 Å². The quantitative estimate of drug-likeness (QED) is 0.594. The van der Waals surface area contributed by atoms with Crippen LogP contribution >= 0.6 is 0 Å². The standard InChI is InChI=1S/C4H11N.Y/c1-2-3-4-5;/h2-5H2,1H3;/p+1. The van der Waals surface area contributed by atoms with Gasteiger partial charge in [0.1, 0.15) is 0 Å². The van der Waals surface area contributed by atoms with Crippen LogP contribution in [0.3, 0.4) is 0 Å². The fraction of sp³-hybridized carbons (Fsp3) is 1.00. The van der Waals surface area contributed by atoms with Crippen LogP contribution in [-0.4, -0.2) is 6.54 Å². The Labute approximate surface area is 64.6 Å². The van der Waals surface area contributed by atoms with Crippen molar-refractivity contribution in [1.29, 1.82) is 0 Å². The normalized spacial score (nSPS) is 7.00. The van der Waals surface area contributed by atoms with Crippen LogP contribution in [0.15, 0.2) is 0 Å². The van der Waals surface area contributed by atoms with Gasteiger partial charge in [-0.3, -0.25) is 0 Å². The molecule has 0 aliphatic rings. The van der Waals surface area contributed by atoms with Crippen LogP contribution in [0.5, 0.6) is 0 Å². The Morgan fingerprint density at radius 3 is 2.00 bits per heavy atom. The number of hydrogen-bond donors (Lipinski definition) is 1. The van der Waals surface area contributed by atoms with E-state index >= 15 is 0 Å². The molecule has 0 saturated heterocycles. The second-order valence-corrected chi connectivity index (χ2v) is 1.21. The van der Waals surface area contributed by atoms with Gasteiger partial charge >= 0.3 is 0 Å². The van der Waals surface area contributed by atoms with Crippen molar-refractivity contribution >= 4 is 0 Å². The maximum atomic E-state index is 3.68. The SMILES string of the molecule is CCCC[NH3+].[Y]. The van der Waals surface area contributed by atoms with Crippen LogP contribution in [0.25, 0.3) is 0 Å². The number of hydrogen-bond acceptors (Lipinski definition) is 0. The minimum absolute atomic E-state index is 0. The van der Waals surface area contributed by atoms with Gasteiger partial charge in [0.25, 0.3) is 0 Å². The minimum atomic E-state index is 0. The third-order valence-corrected chi connectivity index (χ3v) is 0.604. The summed E-state index contributed by atoms with van der Waals surface area (Å²) >= 11 is 0. The Morgan fingerprint density at radius 1 is 1.50 bits per heavy atom. The van der Waals surface area contributed by atoms with Crippen LogP contribution in [0.2, 0.25) is 0 Å². The van der Waals surface area contributed by atoms with Gasteiger partial charge in [-0.25, -0.2) is 0 Å². The van der Waals surface area contributed by atoms with Gasteiger partial charge in [-0.15, -0.1) is 0 Å². The Kier molecular flexibility index (Phi) is 15.9. The first-order chi connectivity index (χ1) is 2.41. The summed E-state index contributed by atoms with van der Waals surface area (Å²) in [6.45, 7) is 3.27. The van der Waals surface area contributed by atoms with Crippen molar-refractivity contribution in [1.82, 2.24) is 0 Å². The molecule has 0 amide bonds. The summed E-state index contributed by atoms with van der Waals surface area (Å²) in [4.78, 5) is 0. The second kappa shape index (κ2) is 9.42. The molecule has 0 aromatic rings. The van der Waals surface area contributed by atoms with Gasteiger partial charge in [0, 0.05) is 32.7 Å². The van der Waals surface area contributed by atoms with Gasteiger partial charge in [0.2, 0.25) is 0 Å². The molecule has 0 atom stereocenters. The van der Waals surface area contributed by atoms with E-state index in [4.69, 9.17) is 0 Å². The summed E-state index contributed by atoms with van der Waals surface area (Å²) in [6, 6.07) is 0. The second-order valence-electron chi connectivity index (χ2n) is 1.21. The van der Waals surface area contributed by atoms with Crippen LogP contribution < -0.4 is 5.73 Å². The van der Waals surface area contributed by atoms with Crippen molar-refractivity contribution in [3.8, 4) is 0 Å². The van der Waals surface area contributed by atoms with Gasteiger partial charge in [0.05, 0.1) is 6.54 Å². The molecule has 0 unspecified atom stereocenters. The fourth-order valence-corrected chi connectivity index (χ4v) is 0.250. The predicted octanol–water partition coefficient (Wildman–Crippen LogP) is 0.0259. The Balaban J connectivity index is 0. The predicted molar refractivity (Wildman–Crippen MR) is 22.7 cm³/mol. The number of rotatable bonds is 2. The summed E-state index contributed by atoms with van der Waals surface area (Å²) in [6.07, 6.45) is 2.56. The molecular weight excluding hydrogens is 151 g/mol. The Morgan fingerprint density at radius 2 is 2.00 bits per heavy atom. The molecule has 0 spiro atoms. The molecule has 6 heavy (non-hydrogen) atoms. The van der Waals surface area contributed by atoms with E-state index in [1.807, 2.05) is 0 Å². The molecule has 1 nitrogen and oxygen atoms in total. The van der Waals surface area contributed by atoms with Crippen molar-refractivity contribution < 1.29 is 38.4 Å². The summed E-state index contributed by atoms with van der Waals surface area (Å²) in [5, 5.41) is 0. The average Bonchev–Trinajstić information content (AvgIpc) is 1.41. The van der Waals surface area contributed by atoms with E-state index in [9.17, 15) is 0 Å². The zero-order valence-corrected chi connectivity index (χ0v) is 7.24. The molecule has 0 aliphatic heterocycles. The summed E-state index contributed by atoms with van der Waals surface area (Å²) in [5.74, 6) is 0. The Bertz CT molecular complexity index is 15.0. The number of quaternary nitrogens is 1. The van der Waals surface area contributed by atoms with Crippen molar-refractivity contribution in [2.45, 2.75) is 19.8 Å². The summed E-state index contributed by atoms with van der Waals surface area (Å²) in [5.41, 5.74) is 3.68. The van der Waals surface area contributed by atoms with Gasteiger partial charge in [-0.1, -0.05) is 13.3 Å². The summed E-state index contributed by atoms with van der Waals surface area (Å²) < 4.78 is 0. The van der Waals surface area contributed by atoms with E-state index in [0.717, 1.165) is 6.54 Å². The maximum Gasteiger partial charge on any atom is 0.0739 e. The van der Waals surface area contributed by atoms with E-state index < -0.39 is 0 Å². The first kappa shape index (κ1) is 10.1. The smallest absolute Gasteiger partial charge is 0.0739 e. The number of unbranched alkanes of at least 4 members (excludes halogenated alkanes) is 1. The fourth-order valence-electron chi connectivity index (χ4n) is 0.250. The summed E-state index contributed by atoms with van der Waals surface area (Å²) in [7, 11) is 0. The molecule has 0 bridgehead atoms. The average molecular weight is 163 g/mol. The topological polar surface area (TPSA) is 27.6 Å². The molecule has 1 radical (unpaired) electrons. The van der Waals surface area contributed by atoms with Gasteiger partial charge in [-0.05, 0) is 6.42 Å². The molecule has 3 N–H and O–H groups in total. The van der Waals surface area contributed by atoms with Gasteiger partial charge in [0.15, 0.2) is 0 Å². The van der Waals surface area contributed by atoms with Gasteiger partial charge < -0.3 is 5.73 Å². The van der Waals surface area contributed by atoms with Crippen LogP contribution in [0, 0.1) is 0 Å². The third-order valence-electron chi connectivity index (χ3n) is 0.604. The molecule has 0 fully saturated rings. The molecule has 2 heteroatoms. The van der Waals surface area contributed by atoms with E-state index in [-0.39, 0.29) is 32.7 Å². The molecule has 35 valence electrons. The van der Waals surface area contributed by atoms with E-state index in [1.165, 1.54) is 12.8 Å². The largest absolute Gasteiger partial charge is 0.358 e. The molecule has 0 aromatic carbocycles. The van der Waals surface area contributed by atoms with Crippen molar-refractivity contribution in [3.05, 3.63) is 0 Å². The molecule has 0 heterocycles. The minimum Gasteiger partial charge on any atom is -0.358 e. The molecule has 0 rings (SSSR count). The zero-order chi connectivity index (χ0) is 4.12. The van der Waals surface area contributed by atoms with E-state index in [2.05, 4.69) is 12.7 Å². The van der Waals surface area contributed by atoms with Crippen LogP contribution in [-0.2, 0) is 32.7 Å². The third kappa shape index (κ3) is 8.91. The molecule has 0 saturated carbocycles. The molecule has 0 aromatic heterocycles. The zero-order valence-electron chi connectivity index (χ0n) is 4.41. The monoisotopic (exact) mass is 163 g/mol. The van der Waals surface area contributed by atoms with E-state index in [0.29, 0.717) is 0 Å². The molecular formula is C4H12NY+. The first-order valence-corrected chi connectivity index (χ1v) is 2.21. The van der Waals surface area contributed by atoms with Crippen molar-refractivity contribution in [2.24, 2.45) is 0 Å². The molecule has 0 aliphatic carbocycles. The maximum absolute atomic E-state index is 3.68. The van der Waals surface area contributed by atoms with E-state index in [1.54, 1.807) is 0 Å². The van der Waals surface area contributed by atoms with Crippen LogP contribution in [0.1, 0.15) is 19.8 Å².